The molecule has 1 fully saturated rings. The van der Waals surface area contributed by atoms with Crippen molar-refractivity contribution in [3.8, 4) is 0 Å². The van der Waals surface area contributed by atoms with Gasteiger partial charge < -0.3 is 14.4 Å². The zero-order chi connectivity index (χ0) is 17.7. The summed E-state index contributed by atoms with van der Waals surface area (Å²) in [6.07, 6.45) is -2.48. The van der Waals surface area contributed by atoms with Crippen molar-refractivity contribution in [2.24, 2.45) is 5.41 Å². The minimum atomic E-state index is -4.93. The van der Waals surface area contributed by atoms with Gasteiger partial charge >= 0.3 is 12.1 Å². The number of nitrogens with zero attached hydrogens (tertiary/aromatic N) is 3. The number of alkyl halides is 3. The third-order valence-electron chi connectivity index (χ3n) is 4.34. The van der Waals surface area contributed by atoms with Gasteiger partial charge in [-0.3, -0.25) is 9.59 Å². The third kappa shape index (κ3) is 2.40. The highest BCUT2D eigenvalue weighted by atomic mass is 19.4. The molecule has 1 unspecified atom stereocenters. The average molecular weight is 341 g/mol. The Hall–Kier alpha value is -2.58. The number of carbonyl (C=O) groups is 2. The summed E-state index contributed by atoms with van der Waals surface area (Å²) in [5.41, 5.74) is -1.50. The Balaban J connectivity index is 1.89. The molecular weight excluding hydrogens is 327 g/mol. The fourth-order valence-corrected chi connectivity index (χ4v) is 2.86. The molecule has 0 saturated carbocycles. The van der Waals surface area contributed by atoms with Crippen LogP contribution < -0.4 is 0 Å². The molecule has 0 bridgehead atoms. The number of carbonyl (C=O) groups excluding carboxylic acids is 1. The minimum Gasteiger partial charge on any atom is -0.481 e. The molecule has 3 rings (SSSR count). The molecule has 1 aliphatic heterocycles. The van der Waals surface area contributed by atoms with E-state index in [0.717, 1.165) is 10.5 Å². The molecule has 0 radical (unpaired) electrons. The molecule has 1 amide bonds. The van der Waals surface area contributed by atoms with Gasteiger partial charge in [-0.1, -0.05) is 0 Å². The van der Waals surface area contributed by atoms with E-state index in [1.54, 1.807) is 22.7 Å². The van der Waals surface area contributed by atoms with E-state index in [-0.39, 0.29) is 12.2 Å². The van der Waals surface area contributed by atoms with Gasteiger partial charge in [0.15, 0.2) is 5.41 Å². The molecule has 0 spiro atoms. The number of imidazole rings is 1. The lowest BCUT2D eigenvalue weighted by molar-refractivity contribution is -0.227. The van der Waals surface area contributed by atoms with Gasteiger partial charge in [-0.15, -0.1) is 0 Å². The molecule has 1 aliphatic rings. The van der Waals surface area contributed by atoms with Crippen LogP contribution in [0, 0.1) is 12.3 Å². The van der Waals surface area contributed by atoms with Crippen LogP contribution in [0.2, 0.25) is 0 Å². The number of carboxylic acid groups (broad SMARTS) is 1. The number of aryl methyl sites for hydroxylation is 1. The van der Waals surface area contributed by atoms with Crippen molar-refractivity contribution in [2.75, 3.05) is 13.1 Å². The Bertz CT molecular complexity index is 830. The van der Waals surface area contributed by atoms with Crippen LogP contribution in [0.4, 0.5) is 13.2 Å². The van der Waals surface area contributed by atoms with E-state index in [1.807, 2.05) is 6.92 Å². The van der Waals surface area contributed by atoms with Gasteiger partial charge in [0.2, 0.25) is 0 Å². The van der Waals surface area contributed by atoms with Crippen molar-refractivity contribution in [1.82, 2.24) is 14.3 Å². The summed E-state index contributed by atoms with van der Waals surface area (Å²) in [6.45, 7) is 0.663. The summed E-state index contributed by atoms with van der Waals surface area (Å²) < 4.78 is 41.1. The maximum Gasteiger partial charge on any atom is 0.406 e. The molecule has 1 N–H and O–H groups in total. The number of amides is 1. The minimum absolute atomic E-state index is 0.0102. The second kappa shape index (κ2) is 5.22. The Labute approximate surface area is 134 Å². The summed E-state index contributed by atoms with van der Waals surface area (Å²) in [7, 11) is 0. The number of aliphatic carboxylic acids is 1. The third-order valence-corrected chi connectivity index (χ3v) is 4.34. The van der Waals surface area contributed by atoms with Crippen LogP contribution in [0.25, 0.3) is 5.65 Å². The Kier molecular flexibility index (Phi) is 3.54. The summed E-state index contributed by atoms with van der Waals surface area (Å²) in [5.74, 6) is -2.67. The molecule has 1 atom stereocenters. The Morgan fingerprint density at radius 1 is 1.38 bits per heavy atom. The highest BCUT2D eigenvalue weighted by molar-refractivity contribution is 5.94. The monoisotopic (exact) mass is 341 g/mol. The molecule has 9 heteroatoms. The normalized spacial score (nSPS) is 21.4. The first-order valence-corrected chi connectivity index (χ1v) is 7.19. The summed E-state index contributed by atoms with van der Waals surface area (Å²) in [5, 5.41) is 9.04. The number of halogens is 3. The van der Waals surface area contributed by atoms with Gasteiger partial charge in [0.05, 0.1) is 0 Å². The molecule has 2 aromatic heterocycles. The number of hydrogen-bond donors (Lipinski definition) is 1. The van der Waals surface area contributed by atoms with E-state index in [1.165, 1.54) is 6.20 Å². The highest BCUT2D eigenvalue weighted by Gasteiger charge is 2.64. The number of hydrogen-bond acceptors (Lipinski definition) is 3. The molecule has 3 heterocycles. The van der Waals surface area contributed by atoms with E-state index < -0.39 is 36.4 Å². The highest BCUT2D eigenvalue weighted by Crippen LogP contribution is 2.45. The van der Waals surface area contributed by atoms with Crippen LogP contribution in [0.5, 0.6) is 0 Å². The van der Waals surface area contributed by atoms with Crippen molar-refractivity contribution in [3.63, 3.8) is 0 Å². The fourth-order valence-electron chi connectivity index (χ4n) is 2.86. The smallest absolute Gasteiger partial charge is 0.406 e. The summed E-state index contributed by atoms with van der Waals surface area (Å²) in [6, 6.07) is 3.54. The second-order valence-corrected chi connectivity index (χ2v) is 5.96. The van der Waals surface area contributed by atoms with Crippen molar-refractivity contribution in [1.29, 1.82) is 0 Å². The molecule has 6 nitrogen and oxygen atoms in total. The molecule has 128 valence electrons. The summed E-state index contributed by atoms with van der Waals surface area (Å²) >= 11 is 0. The molecule has 24 heavy (non-hydrogen) atoms. The van der Waals surface area contributed by atoms with Gasteiger partial charge in [0.1, 0.15) is 11.3 Å². The number of carboxylic acids is 1. The van der Waals surface area contributed by atoms with Crippen LogP contribution in [0.15, 0.2) is 24.5 Å². The summed E-state index contributed by atoms with van der Waals surface area (Å²) in [4.78, 5) is 28.6. The second-order valence-electron chi connectivity index (χ2n) is 5.96. The van der Waals surface area contributed by atoms with E-state index in [9.17, 15) is 22.8 Å². The van der Waals surface area contributed by atoms with Gasteiger partial charge in [-0.05, 0) is 31.0 Å². The van der Waals surface area contributed by atoms with Gasteiger partial charge in [0.25, 0.3) is 5.91 Å². The van der Waals surface area contributed by atoms with E-state index >= 15 is 0 Å². The lowest BCUT2D eigenvalue weighted by Gasteiger charge is -2.27. The van der Waals surface area contributed by atoms with Crippen LogP contribution in [0.3, 0.4) is 0 Å². The first kappa shape index (κ1) is 16.3. The van der Waals surface area contributed by atoms with Gasteiger partial charge in [-0.25, -0.2) is 4.98 Å². The maximum absolute atomic E-state index is 13.2. The number of rotatable bonds is 2. The van der Waals surface area contributed by atoms with E-state index in [2.05, 4.69) is 4.98 Å². The SMILES string of the molecule is Cc1ccn2cc(C(=O)N3CCC(C(=O)O)(C(F)(F)F)C3)nc2c1. The molecular formula is C15H14F3N3O3. The van der Waals surface area contributed by atoms with Crippen LogP contribution >= 0.6 is 0 Å². The van der Waals surface area contributed by atoms with Crippen molar-refractivity contribution in [2.45, 2.75) is 19.5 Å². The lowest BCUT2D eigenvalue weighted by atomic mass is 9.86. The molecule has 0 aromatic carbocycles. The first-order valence-electron chi connectivity index (χ1n) is 7.19. The Morgan fingerprint density at radius 3 is 2.67 bits per heavy atom. The standard InChI is InChI=1S/C15H14F3N3O3/c1-9-2-4-20-7-10(19-11(20)6-9)12(22)21-5-3-14(8-21,13(23)24)15(16,17)18/h2,4,6-7H,3,5,8H2,1H3,(H,23,24). The largest absolute Gasteiger partial charge is 0.481 e. The van der Waals surface area contributed by atoms with Crippen molar-refractivity contribution < 1.29 is 27.9 Å². The number of likely N-dealkylation sites (tertiary alicyclic amines) is 1. The van der Waals surface area contributed by atoms with Crippen LogP contribution in [-0.4, -0.2) is 50.5 Å². The van der Waals surface area contributed by atoms with Gasteiger partial charge in [-0.2, -0.15) is 13.2 Å². The first-order chi connectivity index (χ1) is 11.1. The topological polar surface area (TPSA) is 74.9 Å². The Morgan fingerprint density at radius 2 is 2.08 bits per heavy atom. The molecule has 0 aliphatic carbocycles. The average Bonchev–Trinajstić information content (AvgIpc) is 3.10. The van der Waals surface area contributed by atoms with Crippen molar-refractivity contribution >= 4 is 17.5 Å². The number of aromatic nitrogens is 2. The zero-order valence-electron chi connectivity index (χ0n) is 12.7. The predicted molar refractivity (Wildman–Crippen MR) is 76.6 cm³/mol. The van der Waals surface area contributed by atoms with E-state index in [4.69, 9.17) is 5.11 Å². The molecule has 1 saturated heterocycles. The van der Waals surface area contributed by atoms with Crippen molar-refractivity contribution in [3.05, 3.63) is 35.8 Å². The van der Waals surface area contributed by atoms with E-state index in [0.29, 0.717) is 5.65 Å². The molecule has 2 aromatic rings. The number of fused-ring (bicyclic) bond motifs is 1. The van der Waals surface area contributed by atoms with Crippen LogP contribution in [0.1, 0.15) is 22.5 Å². The lowest BCUT2D eigenvalue weighted by Crippen LogP contribution is -2.47. The van der Waals surface area contributed by atoms with Crippen LogP contribution in [-0.2, 0) is 4.79 Å². The predicted octanol–water partition coefficient (Wildman–Crippen LogP) is 2.12. The quantitative estimate of drug-likeness (QED) is 0.908. The maximum atomic E-state index is 13.2. The number of pyridine rings is 1. The fraction of sp³-hybridized carbons (Fsp3) is 0.400. The van der Waals surface area contributed by atoms with Gasteiger partial charge in [0, 0.05) is 25.5 Å². The zero-order valence-corrected chi connectivity index (χ0v) is 12.7.